The summed E-state index contributed by atoms with van der Waals surface area (Å²) in [5.41, 5.74) is 4.00. The molecule has 0 radical (unpaired) electrons. The molecule has 0 heterocycles. The number of aliphatic hydroxyl groups is 1. The van der Waals surface area contributed by atoms with Crippen LogP contribution in [-0.4, -0.2) is 16.8 Å². The maximum atomic E-state index is 13.0. The Hall–Kier alpha value is -1.27. The zero-order valence-electron chi connectivity index (χ0n) is 6.97. The monoisotopic (exact) mass is 207 g/mol. The van der Waals surface area contributed by atoms with Crippen molar-refractivity contribution in [2.75, 3.05) is 6.54 Å². The van der Waals surface area contributed by atoms with E-state index >= 15 is 0 Å². The third-order valence-corrected chi connectivity index (χ3v) is 1.73. The molecule has 0 saturated carbocycles. The molecule has 0 saturated heterocycles. The number of aromatic hydroxyl groups is 1. The van der Waals surface area contributed by atoms with Gasteiger partial charge in [0.15, 0.2) is 23.2 Å². The summed E-state index contributed by atoms with van der Waals surface area (Å²) in [7, 11) is 0. The molecule has 0 aromatic heterocycles. The van der Waals surface area contributed by atoms with Crippen molar-refractivity contribution in [2.45, 2.75) is 6.10 Å². The Balaban J connectivity index is 3.39. The fourth-order valence-corrected chi connectivity index (χ4v) is 1.02. The minimum Gasteiger partial charge on any atom is -0.505 e. The van der Waals surface area contributed by atoms with Crippen molar-refractivity contribution in [1.29, 1.82) is 0 Å². The normalized spacial score (nSPS) is 12.9. The van der Waals surface area contributed by atoms with Gasteiger partial charge in [0.25, 0.3) is 0 Å². The Morgan fingerprint density at radius 3 is 2.36 bits per heavy atom. The van der Waals surface area contributed by atoms with Crippen LogP contribution in [0, 0.1) is 17.5 Å². The molecule has 78 valence electrons. The molecular formula is C8H8F3NO2. The number of rotatable bonds is 2. The molecule has 0 bridgehead atoms. The lowest BCUT2D eigenvalue weighted by Crippen LogP contribution is -2.15. The number of nitrogens with two attached hydrogens (primary N) is 1. The molecule has 1 atom stereocenters. The number of hydrogen-bond donors (Lipinski definition) is 3. The van der Waals surface area contributed by atoms with Crippen LogP contribution >= 0.6 is 0 Å². The first-order valence-electron chi connectivity index (χ1n) is 3.73. The smallest absolute Gasteiger partial charge is 0.173 e. The van der Waals surface area contributed by atoms with Gasteiger partial charge in [-0.05, 0) is 0 Å². The summed E-state index contributed by atoms with van der Waals surface area (Å²) in [4.78, 5) is 0. The minimum atomic E-state index is -1.68. The van der Waals surface area contributed by atoms with Crippen LogP contribution in [0.1, 0.15) is 11.7 Å². The zero-order valence-corrected chi connectivity index (χ0v) is 6.97. The highest BCUT2D eigenvalue weighted by atomic mass is 19.2. The Bertz CT molecular complexity index is 331. The highest BCUT2D eigenvalue weighted by molar-refractivity contribution is 5.33. The largest absolute Gasteiger partial charge is 0.505 e. The molecule has 1 aromatic rings. The van der Waals surface area contributed by atoms with Crippen LogP contribution in [0.5, 0.6) is 5.75 Å². The van der Waals surface area contributed by atoms with Crippen molar-refractivity contribution in [3.63, 3.8) is 0 Å². The predicted octanol–water partition coefficient (Wildman–Crippen LogP) is 0.802. The zero-order chi connectivity index (χ0) is 10.9. The molecule has 0 aliphatic heterocycles. The highest BCUT2D eigenvalue weighted by Gasteiger charge is 2.23. The lowest BCUT2D eigenvalue weighted by molar-refractivity contribution is 0.173. The van der Waals surface area contributed by atoms with Gasteiger partial charge >= 0.3 is 0 Å². The average molecular weight is 207 g/mol. The highest BCUT2D eigenvalue weighted by Crippen LogP contribution is 2.28. The van der Waals surface area contributed by atoms with E-state index in [9.17, 15) is 13.2 Å². The maximum Gasteiger partial charge on any atom is 0.173 e. The Morgan fingerprint density at radius 1 is 1.29 bits per heavy atom. The molecule has 6 heteroatoms. The number of halogens is 3. The third kappa shape index (κ3) is 1.66. The Kier molecular flexibility index (Phi) is 2.97. The first-order valence-corrected chi connectivity index (χ1v) is 3.73. The number of phenols is 1. The lowest BCUT2D eigenvalue weighted by atomic mass is 10.1. The van der Waals surface area contributed by atoms with E-state index < -0.39 is 41.4 Å². The topological polar surface area (TPSA) is 66.5 Å². The summed E-state index contributed by atoms with van der Waals surface area (Å²) >= 11 is 0. The van der Waals surface area contributed by atoms with Gasteiger partial charge in [0.2, 0.25) is 0 Å². The second kappa shape index (κ2) is 3.85. The quantitative estimate of drug-likeness (QED) is 0.628. The predicted molar refractivity (Wildman–Crippen MR) is 42.0 cm³/mol. The van der Waals surface area contributed by atoms with Crippen molar-refractivity contribution in [1.82, 2.24) is 0 Å². The molecule has 1 rings (SSSR count). The standard InChI is InChI=1S/C8H8F3NO2/c9-3-1-4(13)8(11)6(7(3)10)5(14)2-12/h1,5,13-14H,2,12H2. The third-order valence-electron chi connectivity index (χ3n) is 1.73. The van der Waals surface area contributed by atoms with Crippen LogP contribution in [0.25, 0.3) is 0 Å². The molecule has 14 heavy (non-hydrogen) atoms. The first kappa shape index (κ1) is 10.8. The van der Waals surface area contributed by atoms with Crippen molar-refractivity contribution in [3.8, 4) is 5.75 Å². The molecule has 0 fully saturated rings. The van der Waals surface area contributed by atoms with Gasteiger partial charge in [0.05, 0.1) is 11.7 Å². The summed E-state index contributed by atoms with van der Waals surface area (Å²) in [6, 6.07) is 0.289. The van der Waals surface area contributed by atoms with Crippen LogP contribution in [0.15, 0.2) is 6.07 Å². The molecule has 1 unspecified atom stereocenters. The van der Waals surface area contributed by atoms with Crippen LogP contribution < -0.4 is 5.73 Å². The van der Waals surface area contributed by atoms with Crippen molar-refractivity contribution in [2.24, 2.45) is 5.73 Å². The SMILES string of the molecule is NCC(O)c1c(F)c(O)cc(F)c1F. The van der Waals surface area contributed by atoms with E-state index in [1.807, 2.05) is 0 Å². The molecule has 4 N–H and O–H groups in total. The van der Waals surface area contributed by atoms with Crippen molar-refractivity contribution < 1.29 is 23.4 Å². The Morgan fingerprint density at radius 2 is 1.86 bits per heavy atom. The minimum absolute atomic E-state index is 0.289. The number of hydrogen-bond acceptors (Lipinski definition) is 3. The van der Waals surface area contributed by atoms with Gasteiger partial charge in [0.1, 0.15) is 0 Å². The van der Waals surface area contributed by atoms with Crippen LogP contribution in [0.3, 0.4) is 0 Å². The van der Waals surface area contributed by atoms with E-state index in [1.165, 1.54) is 0 Å². The van der Waals surface area contributed by atoms with Crippen LogP contribution in [0.4, 0.5) is 13.2 Å². The molecular weight excluding hydrogens is 199 g/mol. The lowest BCUT2D eigenvalue weighted by Gasteiger charge is -2.11. The molecule has 0 spiro atoms. The van der Waals surface area contributed by atoms with E-state index in [1.54, 1.807) is 0 Å². The maximum absolute atomic E-state index is 13.0. The average Bonchev–Trinajstić information content (AvgIpc) is 2.15. The van der Waals surface area contributed by atoms with E-state index in [0.29, 0.717) is 0 Å². The second-order valence-corrected chi connectivity index (χ2v) is 2.67. The molecule has 1 aromatic carbocycles. The van der Waals surface area contributed by atoms with Crippen molar-refractivity contribution >= 4 is 0 Å². The van der Waals surface area contributed by atoms with E-state index in [0.717, 1.165) is 0 Å². The molecule has 0 aliphatic rings. The summed E-state index contributed by atoms with van der Waals surface area (Å²) in [6.45, 7) is -0.475. The summed E-state index contributed by atoms with van der Waals surface area (Å²) in [5, 5.41) is 17.9. The second-order valence-electron chi connectivity index (χ2n) is 2.67. The van der Waals surface area contributed by atoms with E-state index in [2.05, 4.69) is 0 Å². The van der Waals surface area contributed by atoms with Gasteiger partial charge < -0.3 is 15.9 Å². The van der Waals surface area contributed by atoms with Crippen LogP contribution in [-0.2, 0) is 0 Å². The van der Waals surface area contributed by atoms with Gasteiger partial charge in [0, 0.05) is 12.6 Å². The van der Waals surface area contributed by atoms with Crippen LogP contribution in [0.2, 0.25) is 0 Å². The summed E-state index contributed by atoms with van der Waals surface area (Å²) < 4.78 is 38.6. The van der Waals surface area contributed by atoms with Crippen molar-refractivity contribution in [3.05, 3.63) is 29.1 Å². The van der Waals surface area contributed by atoms with Gasteiger partial charge in [-0.2, -0.15) is 0 Å². The van der Waals surface area contributed by atoms with Gasteiger partial charge in [-0.3, -0.25) is 0 Å². The summed E-state index contributed by atoms with van der Waals surface area (Å²) in [6.07, 6.45) is -1.68. The van der Waals surface area contributed by atoms with Gasteiger partial charge in [-0.25, -0.2) is 13.2 Å². The molecule has 0 amide bonds. The molecule has 3 nitrogen and oxygen atoms in total. The Labute approximate surface area is 77.6 Å². The number of phenolic OH excluding ortho intramolecular Hbond substituents is 1. The van der Waals surface area contributed by atoms with Gasteiger partial charge in [-0.15, -0.1) is 0 Å². The number of benzene rings is 1. The van der Waals surface area contributed by atoms with E-state index in [4.69, 9.17) is 15.9 Å². The van der Waals surface area contributed by atoms with Gasteiger partial charge in [-0.1, -0.05) is 0 Å². The fourth-order valence-electron chi connectivity index (χ4n) is 1.02. The van der Waals surface area contributed by atoms with E-state index in [-0.39, 0.29) is 6.07 Å². The summed E-state index contributed by atoms with van der Waals surface area (Å²) in [5.74, 6) is -5.45. The fraction of sp³-hybridized carbons (Fsp3) is 0.250. The number of aliphatic hydroxyl groups excluding tert-OH is 1. The molecule has 0 aliphatic carbocycles. The first-order chi connectivity index (χ1) is 6.49.